The summed E-state index contributed by atoms with van der Waals surface area (Å²) in [6.07, 6.45) is 10.5. The van der Waals surface area contributed by atoms with Crippen LogP contribution in [0.3, 0.4) is 0 Å². The van der Waals surface area contributed by atoms with Gasteiger partial charge in [-0.1, -0.05) is 66.4 Å². The lowest BCUT2D eigenvalue weighted by Crippen LogP contribution is -2.39. The zero-order valence-electron chi connectivity index (χ0n) is 36.4. The molecule has 0 bridgehead atoms. The van der Waals surface area contributed by atoms with Crippen molar-refractivity contribution < 1.29 is 28.0 Å². The summed E-state index contributed by atoms with van der Waals surface area (Å²) in [6.45, 7) is 8.70. The van der Waals surface area contributed by atoms with Gasteiger partial charge < -0.3 is 37.5 Å². The van der Waals surface area contributed by atoms with Crippen molar-refractivity contribution in [3.05, 3.63) is 124 Å². The number of aromatic amines is 1. The topological polar surface area (TPSA) is 133 Å². The number of nitrogens with one attached hydrogen (secondary N) is 1. The summed E-state index contributed by atoms with van der Waals surface area (Å²) in [5, 5.41) is 9.83. The molecule has 1 aliphatic heterocycles. The van der Waals surface area contributed by atoms with Crippen LogP contribution in [0, 0.1) is 35.5 Å². The first-order valence-corrected chi connectivity index (χ1v) is 22.2. The van der Waals surface area contributed by atoms with Gasteiger partial charge in [0.15, 0.2) is 5.65 Å². The van der Waals surface area contributed by atoms with E-state index in [-0.39, 0.29) is 37.3 Å². The predicted molar refractivity (Wildman–Crippen MR) is 241 cm³/mol. The van der Waals surface area contributed by atoms with Crippen LogP contribution < -0.4 is 15.0 Å². The van der Waals surface area contributed by atoms with Crippen LogP contribution in [0.15, 0.2) is 96.2 Å². The normalized spacial score (nSPS) is 16.9. The first-order valence-electron chi connectivity index (χ1n) is 21.0. The molecule has 12 nitrogen and oxygen atoms in total. The number of nitriles is 1. The Balaban J connectivity index is 1.44. The Hall–Kier alpha value is -5.48. The number of ether oxygens (including phenoxy) is 4. The largest absolute Gasteiger partial charge is 0.497 e. The van der Waals surface area contributed by atoms with E-state index in [4.69, 9.17) is 34.4 Å². The van der Waals surface area contributed by atoms with Crippen molar-refractivity contribution in [1.29, 1.82) is 5.26 Å². The van der Waals surface area contributed by atoms with E-state index in [1.54, 1.807) is 14.2 Å². The standard InChI is InChI=1S/C49H56N5O7P/c1-8-9-10-11-12-14-18-37-32-53(47-46(37)48(55)52-34-51-47)45-31-43(61-62(59-30-17-29-50)54(35(2)3)36(4)5)44(60-45)33-58-49(38-19-15-13-16-20-38,39-21-25-41(56-6)26-22-39)40-23-27-42(57-7)28-24-40/h1,13,15-16,19-28,32,34-36,43-45H,9-12,17,30-31,33H2,2-7H3,(H,51,52,55)/t43-,44+,45+,62?/m0/s1. The molecule has 62 heavy (non-hydrogen) atoms. The molecule has 4 atom stereocenters. The van der Waals surface area contributed by atoms with Crippen LogP contribution >= 0.6 is 8.53 Å². The van der Waals surface area contributed by atoms with E-state index in [2.05, 4.69) is 78.3 Å². The van der Waals surface area contributed by atoms with Crippen LogP contribution in [0.4, 0.5) is 0 Å². The molecule has 1 saturated heterocycles. The second-order valence-electron chi connectivity index (χ2n) is 15.5. The van der Waals surface area contributed by atoms with Gasteiger partial charge in [0.25, 0.3) is 14.1 Å². The lowest BCUT2D eigenvalue weighted by molar-refractivity contribution is -0.0911. The second kappa shape index (κ2) is 22.0. The Morgan fingerprint density at radius 2 is 1.56 bits per heavy atom. The van der Waals surface area contributed by atoms with Crippen LogP contribution in [0.2, 0.25) is 0 Å². The number of H-pyrrole nitrogens is 1. The van der Waals surface area contributed by atoms with Crippen molar-refractivity contribution in [3.8, 4) is 41.8 Å². The van der Waals surface area contributed by atoms with Gasteiger partial charge in [0.2, 0.25) is 0 Å². The average molecular weight is 858 g/mol. The Kier molecular flexibility index (Phi) is 16.4. The number of unbranched alkanes of at least 4 members (excludes halogenated alkanes) is 3. The van der Waals surface area contributed by atoms with E-state index in [9.17, 15) is 10.1 Å². The third kappa shape index (κ3) is 10.6. The molecule has 324 valence electrons. The van der Waals surface area contributed by atoms with Crippen molar-refractivity contribution in [2.45, 2.75) is 102 Å². The first-order chi connectivity index (χ1) is 30.1. The highest BCUT2D eigenvalue weighted by molar-refractivity contribution is 7.44. The molecule has 0 saturated carbocycles. The summed E-state index contributed by atoms with van der Waals surface area (Å²) in [7, 11) is 1.62. The quantitative estimate of drug-likeness (QED) is 0.0350. The van der Waals surface area contributed by atoms with E-state index in [0.29, 0.717) is 47.4 Å². The lowest BCUT2D eigenvalue weighted by atomic mass is 9.80. The molecule has 6 rings (SSSR count). The molecule has 1 N–H and O–H groups in total. The van der Waals surface area contributed by atoms with Gasteiger partial charge in [0.1, 0.15) is 29.4 Å². The molecule has 2 aromatic heterocycles. The zero-order valence-corrected chi connectivity index (χ0v) is 37.3. The summed E-state index contributed by atoms with van der Waals surface area (Å²) >= 11 is 0. The Labute approximate surface area is 366 Å². The summed E-state index contributed by atoms with van der Waals surface area (Å²) in [5.41, 5.74) is 2.24. The first kappa shape index (κ1) is 46.0. The average Bonchev–Trinajstić information content (AvgIpc) is 3.87. The van der Waals surface area contributed by atoms with E-state index in [1.807, 2.05) is 77.5 Å². The Morgan fingerprint density at radius 1 is 0.935 bits per heavy atom. The molecule has 1 unspecified atom stereocenters. The summed E-state index contributed by atoms with van der Waals surface area (Å²) < 4.78 is 43.1. The maximum Gasteiger partial charge on any atom is 0.261 e. The van der Waals surface area contributed by atoms with E-state index in [1.165, 1.54) is 6.33 Å². The molecule has 0 radical (unpaired) electrons. The molecular formula is C49H56N5O7P. The fourth-order valence-corrected chi connectivity index (χ4v) is 9.59. The van der Waals surface area contributed by atoms with Crippen molar-refractivity contribution in [2.75, 3.05) is 27.4 Å². The second-order valence-corrected chi connectivity index (χ2v) is 16.9. The SMILES string of the molecule is C#CCCCCC#Cc1cn([C@H]2C[C@H](OP(OCCC#N)N(C(C)C)C(C)C)[C@@H](COC(c3ccccc3)(c3ccc(OC)cc3)c3ccc(OC)cc3)O2)c2nc[nH]c(=O)c12. The molecular weight excluding hydrogens is 802 g/mol. The third-order valence-electron chi connectivity index (χ3n) is 10.7. The highest BCUT2D eigenvalue weighted by atomic mass is 31.2. The molecule has 0 spiro atoms. The van der Waals surface area contributed by atoms with E-state index >= 15 is 0 Å². The van der Waals surface area contributed by atoms with Crippen molar-refractivity contribution in [3.63, 3.8) is 0 Å². The van der Waals surface area contributed by atoms with Crippen LogP contribution in [-0.2, 0) is 24.1 Å². The van der Waals surface area contributed by atoms with Crippen molar-refractivity contribution >= 4 is 19.6 Å². The van der Waals surface area contributed by atoms with Gasteiger partial charge in [0.05, 0.1) is 63.3 Å². The maximum absolute atomic E-state index is 13.4. The predicted octanol–water partition coefficient (Wildman–Crippen LogP) is 9.24. The van der Waals surface area contributed by atoms with Gasteiger partial charge in [-0.25, -0.2) is 9.65 Å². The number of nitrogens with zero attached hydrogens (tertiary/aromatic N) is 4. The van der Waals surface area contributed by atoms with Crippen molar-refractivity contribution in [2.24, 2.45) is 0 Å². The summed E-state index contributed by atoms with van der Waals surface area (Å²) in [4.78, 5) is 20.7. The van der Waals surface area contributed by atoms with Gasteiger partial charge in [-0.15, -0.1) is 12.3 Å². The number of terminal acetylenes is 1. The van der Waals surface area contributed by atoms with Gasteiger partial charge in [0, 0.05) is 37.5 Å². The monoisotopic (exact) mass is 857 g/mol. The Morgan fingerprint density at radius 3 is 2.16 bits per heavy atom. The molecule has 3 aromatic carbocycles. The number of aromatic nitrogens is 3. The van der Waals surface area contributed by atoms with Crippen LogP contribution in [0.5, 0.6) is 11.5 Å². The summed E-state index contributed by atoms with van der Waals surface area (Å²) in [6, 6.07) is 28.2. The molecule has 1 fully saturated rings. The van der Waals surface area contributed by atoms with E-state index in [0.717, 1.165) is 29.5 Å². The molecule has 13 heteroatoms. The summed E-state index contributed by atoms with van der Waals surface area (Å²) in [5.74, 6) is 10.6. The number of methoxy groups -OCH3 is 2. The Bertz CT molecular complexity index is 2350. The van der Waals surface area contributed by atoms with E-state index < -0.39 is 32.6 Å². The highest BCUT2D eigenvalue weighted by Crippen LogP contribution is 2.51. The number of fused-ring (bicyclic) bond motifs is 1. The fourth-order valence-electron chi connectivity index (χ4n) is 7.83. The number of rotatable bonds is 20. The van der Waals surface area contributed by atoms with Crippen LogP contribution in [0.1, 0.15) is 94.7 Å². The van der Waals surface area contributed by atoms with Gasteiger partial charge in [-0.2, -0.15) is 5.26 Å². The zero-order chi connectivity index (χ0) is 44.1. The molecule has 0 aliphatic carbocycles. The minimum Gasteiger partial charge on any atom is -0.497 e. The van der Waals surface area contributed by atoms with Crippen LogP contribution in [0.25, 0.3) is 11.0 Å². The smallest absolute Gasteiger partial charge is 0.261 e. The third-order valence-corrected chi connectivity index (χ3v) is 12.9. The molecule has 1 aliphatic rings. The minimum absolute atomic E-state index is 0.0731. The number of hydrogen-bond acceptors (Lipinski definition) is 10. The molecule has 5 aromatic rings. The number of benzene rings is 3. The minimum atomic E-state index is -1.67. The van der Waals surface area contributed by atoms with Gasteiger partial charge >= 0.3 is 0 Å². The highest BCUT2D eigenvalue weighted by Gasteiger charge is 2.45. The maximum atomic E-state index is 13.4. The van der Waals surface area contributed by atoms with Crippen LogP contribution in [-0.4, -0.2) is 70.9 Å². The van der Waals surface area contributed by atoms with Gasteiger partial charge in [-0.3, -0.25) is 4.79 Å². The number of hydrogen-bond donors (Lipinski definition) is 1. The van der Waals surface area contributed by atoms with Gasteiger partial charge in [-0.05, 0) is 81.5 Å². The lowest BCUT2D eigenvalue weighted by Gasteiger charge is -2.39. The molecule has 3 heterocycles. The fraction of sp³-hybridized carbons (Fsp3) is 0.408. The van der Waals surface area contributed by atoms with Crippen molar-refractivity contribution in [1.82, 2.24) is 19.2 Å². The molecule has 0 amide bonds.